The molecule has 0 aliphatic heterocycles. The normalized spacial score (nSPS) is 13.2. The Morgan fingerprint density at radius 1 is 0.562 bits per heavy atom. The number of methoxy groups -OCH3 is 2. The number of anilines is 3. The molecule has 0 aromatic heterocycles. The molecule has 0 N–H and O–H groups in total. The van der Waals surface area contributed by atoms with Crippen LogP contribution < -0.4 is 14.4 Å². The van der Waals surface area contributed by atoms with Gasteiger partial charge in [0.15, 0.2) is 0 Å². The summed E-state index contributed by atoms with van der Waals surface area (Å²) in [6.45, 7) is 4.62. The second kappa shape index (κ2) is 7.76. The smallest absolute Gasteiger partial charge is 0.119 e. The molecule has 160 valence electrons. The van der Waals surface area contributed by atoms with Crippen LogP contribution in [0.25, 0.3) is 11.1 Å². The number of fused-ring (bicyclic) bond motifs is 3. The topological polar surface area (TPSA) is 21.7 Å². The fourth-order valence-corrected chi connectivity index (χ4v) is 4.74. The van der Waals surface area contributed by atoms with Crippen molar-refractivity contribution in [3.8, 4) is 22.6 Å². The number of nitrogens with zero attached hydrogens (tertiary/aromatic N) is 1. The molecule has 1 aliphatic rings. The second-order valence-electron chi connectivity index (χ2n) is 8.63. The molecule has 3 nitrogen and oxygen atoms in total. The summed E-state index contributed by atoms with van der Waals surface area (Å²) in [6.07, 6.45) is 0. The number of rotatable bonds is 5. The average molecular weight is 422 g/mol. The van der Waals surface area contributed by atoms with Crippen LogP contribution in [0.5, 0.6) is 11.5 Å². The average Bonchev–Trinajstić information content (AvgIpc) is 3.07. The first-order valence-corrected chi connectivity index (χ1v) is 10.9. The summed E-state index contributed by atoms with van der Waals surface area (Å²) in [7, 11) is 3.38. The fraction of sp³-hybridized carbons (Fsp3) is 0.172. The maximum absolute atomic E-state index is 5.38. The Bertz CT molecular complexity index is 1210. The van der Waals surface area contributed by atoms with Crippen molar-refractivity contribution in [1.82, 2.24) is 0 Å². The van der Waals surface area contributed by atoms with Gasteiger partial charge in [0.1, 0.15) is 11.5 Å². The third kappa shape index (κ3) is 3.21. The third-order valence-electron chi connectivity index (χ3n) is 6.49. The molecule has 0 heterocycles. The van der Waals surface area contributed by atoms with Gasteiger partial charge >= 0.3 is 0 Å². The van der Waals surface area contributed by atoms with Gasteiger partial charge in [0.25, 0.3) is 0 Å². The first-order valence-electron chi connectivity index (χ1n) is 10.9. The summed E-state index contributed by atoms with van der Waals surface area (Å²) in [5.74, 6) is 1.68. The number of hydrogen-bond acceptors (Lipinski definition) is 3. The van der Waals surface area contributed by atoms with E-state index in [0.717, 1.165) is 28.6 Å². The molecule has 4 aromatic rings. The van der Waals surface area contributed by atoms with Crippen molar-refractivity contribution in [3.63, 3.8) is 0 Å². The standard InChI is InChI=1S/C29H27NO2/c1-29(2)27-8-6-5-7-25(27)26-18-13-22(19-28(26)29)30(20-9-14-23(31-3)15-10-20)21-11-16-24(32-4)17-12-21/h5-19H,1-4H3. The largest absolute Gasteiger partial charge is 0.497 e. The van der Waals surface area contributed by atoms with Gasteiger partial charge in [-0.05, 0) is 82.9 Å². The summed E-state index contributed by atoms with van der Waals surface area (Å²) in [5.41, 5.74) is 8.61. The fourth-order valence-electron chi connectivity index (χ4n) is 4.74. The molecule has 0 spiro atoms. The lowest BCUT2D eigenvalue weighted by molar-refractivity contribution is 0.415. The van der Waals surface area contributed by atoms with Gasteiger partial charge in [-0.3, -0.25) is 0 Å². The van der Waals surface area contributed by atoms with Crippen molar-refractivity contribution in [2.24, 2.45) is 0 Å². The molecule has 32 heavy (non-hydrogen) atoms. The predicted molar refractivity (Wildman–Crippen MR) is 132 cm³/mol. The minimum absolute atomic E-state index is 0.0482. The van der Waals surface area contributed by atoms with E-state index in [4.69, 9.17) is 9.47 Å². The molecule has 0 atom stereocenters. The Hall–Kier alpha value is -3.72. The molecule has 0 bridgehead atoms. The number of benzene rings is 4. The van der Waals surface area contributed by atoms with E-state index in [9.17, 15) is 0 Å². The van der Waals surface area contributed by atoms with Crippen LogP contribution in [0.1, 0.15) is 25.0 Å². The maximum atomic E-state index is 5.38. The number of ether oxygens (including phenoxy) is 2. The summed E-state index contributed by atoms with van der Waals surface area (Å²) < 4.78 is 10.8. The Morgan fingerprint density at radius 2 is 1.06 bits per heavy atom. The Kier molecular flexibility index (Phi) is 4.90. The highest BCUT2D eigenvalue weighted by Crippen LogP contribution is 2.50. The van der Waals surface area contributed by atoms with E-state index < -0.39 is 0 Å². The van der Waals surface area contributed by atoms with E-state index in [1.165, 1.54) is 22.3 Å². The van der Waals surface area contributed by atoms with Crippen LogP contribution in [-0.2, 0) is 5.41 Å². The van der Waals surface area contributed by atoms with Crippen molar-refractivity contribution in [2.45, 2.75) is 19.3 Å². The van der Waals surface area contributed by atoms with Gasteiger partial charge in [0.2, 0.25) is 0 Å². The first-order chi connectivity index (χ1) is 15.5. The highest BCUT2D eigenvalue weighted by atomic mass is 16.5. The van der Waals surface area contributed by atoms with Crippen molar-refractivity contribution < 1.29 is 9.47 Å². The van der Waals surface area contributed by atoms with Gasteiger partial charge < -0.3 is 14.4 Å². The van der Waals surface area contributed by atoms with Crippen molar-refractivity contribution in [2.75, 3.05) is 19.1 Å². The Morgan fingerprint density at radius 3 is 1.62 bits per heavy atom. The molecule has 0 unspecified atom stereocenters. The molecule has 1 aliphatic carbocycles. The molecule has 0 fully saturated rings. The summed E-state index contributed by atoms with van der Waals surface area (Å²) in [4.78, 5) is 2.28. The van der Waals surface area contributed by atoms with Crippen LogP contribution in [-0.4, -0.2) is 14.2 Å². The molecule has 0 saturated heterocycles. The van der Waals surface area contributed by atoms with Crippen LogP contribution in [0.3, 0.4) is 0 Å². The van der Waals surface area contributed by atoms with Gasteiger partial charge in [0.05, 0.1) is 14.2 Å². The lowest BCUT2D eigenvalue weighted by atomic mass is 9.82. The highest BCUT2D eigenvalue weighted by molar-refractivity contribution is 5.85. The molecule has 0 amide bonds. The van der Waals surface area contributed by atoms with E-state index in [0.29, 0.717) is 0 Å². The van der Waals surface area contributed by atoms with Gasteiger partial charge in [-0.1, -0.05) is 44.2 Å². The molecule has 3 heteroatoms. The number of hydrogen-bond donors (Lipinski definition) is 0. The van der Waals surface area contributed by atoms with Crippen molar-refractivity contribution >= 4 is 17.1 Å². The maximum Gasteiger partial charge on any atom is 0.119 e. The van der Waals surface area contributed by atoms with E-state index in [-0.39, 0.29) is 5.41 Å². The van der Waals surface area contributed by atoms with E-state index >= 15 is 0 Å². The minimum atomic E-state index is -0.0482. The minimum Gasteiger partial charge on any atom is -0.497 e. The van der Waals surface area contributed by atoms with Gasteiger partial charge in [-0.15, -0.1) is 0 Å². The molecular weight excluding hydrogens is 394 g/mol. The van der Waals surface area contributed by atoms with Crippen LogP contribution >= 0.6 is 0 Å². The van der Waals surface area contributed by atoms with Crippen LogP contribution in [0.2, 0.25) is 0 Å². The lowest BCUT2D eigenvalue weighted by Gasteiger charge is -2.28. The van der Waals surface area contributed by atoms with Gasteiger partial charge in [-0.2, -0.15) is 0 Å². The molecule has 5 rings (SSSR count). The van der Waals surface area contributed by atoms with Gasteiger partial charge in [0, 0.05) is 22.5 Å². The zero-order valence-electron chi connectivity index (χ0n) is 18.9. The van der Waals surface area contributed by atoms with Gasteiger partial charge in [-0.25, -0.2) is 0 Å². The Labute approximate surface area is 189 Å². The van der Waals surface area contributed by atoms with Crippen molar-refractivity contribution in [1.29, 1.82) is 0 Å². The Balaban J connectivity index is 1.66. The molecule has 0 radical (unpaired) electrons. The van der Waals surface area contributed by atoms with E-state index in [1.54, 1.807) is 14.2 Å². The van der Waals surface area contributed by atoms with E-state index in [2.05, 4.69) is 85.5 Å². The molecule has 4 aromatic carbocycles. The predicted octanol–water partition coefficient (Wildman–Crippen LogP) is 7.48. The van der Waals surface area contributed by atoms with Crippen LogP contribution in [0.15, 0.2) is 91.0 Å². The highest BCUT2D eigenvalue weighted by Gasteiger charge is 2.35. The first kappa shape index (κ1) is 20.2. The monoisotopic (exact) mass is 421 g/mol. The zero-order chi connectivity index (χ0) is 22.3. The molecular formula is C29H27NO2. The van der Waals surface area contributed by atoms with Crippen LogP contribution in [0.4, 0.5) is 17.1 Å². The van der Waals surface area contributed by atoms with E-state index in [1.807, 2.05) is 24.3 Å². The third-order valence-corrected chi connectivity index (χ3v) is 6.49. The summed E-state index contributed by atoms with van der Waals surface area (Å²) >= 11 is 0. The SMILES string of the molecule is COc1ccc(N(c2ccc(OC)cc2)c2ccc3c(c2)C(C)(C)c2ccccc2-3)cc1. The van der Waals surface area contributed by atoms with Crippen LogP contribution in [0, 0.1) is 0 Å². The van der Waals surface area contributed by atoms with Crippen molar-refractivity contribution in [3.05, 3.63) is 102 Å². The lowest BCUT2D eigenvalue weighted by Crippen LogP contribution is -2.16. The zero-order valence-corrected chi connectivity index (χ0v) is 18.9. The second-order valence-corrected chi connectivity index (χ2v) is 8.63. The quantitative estimate of drug-likeness (QED) is 0.333. The summed E-state index contributed by atoms with van der Waals surface area (Å²) in [6, 6.07) is 31.9. The summed E-state index contributed by atoms with van der Waals surface area (Å²) in [5, 5.41) is 0. The molecule has 0 saturated carbocycles.